The number of nitrogens with zero attached hydrogens (tertiary/aromatic N) is 1. The molecular weight excluding hydrogens is 274 g/mol. The normalized spacial score (nSPS) is 13.1. The number of hydrogen-bond acceptors (Lipinski definition) is 2. The Morgan fingerprint density at radius 2 is 1.86 bits per heavy atom. The fourth-order valence-electron chi connectivity index (χ4n) is 2.73. The van der Waals surface area contributed by atoms with Crippen molar-refractivity contribution in [2.75, 3.05) is 26.8 Å². The van der Waals surface area contributed by atoms with Gasteiger partial charge < -0.3 is 15.4 Å². The molecule has 0 aliphatic rings. The topological polar surface area (TPSA) is 45.7 Å². The van der Waals surface area contributed by atoms with Crippen molar-refractivity contribution in [2.24, 2.45) is 4.99 Å². The Kier molecular flexibility index (Phi) is 7.96. The van der Waals surface area contributed by atoms with Gasteiger partial charge in [0.2, 0.25) is 0 Å². The second-order valence-electron chi connectivity index (χ2n) is 5.89. The van der Waals surface area contributed by atoms with Crippen molar-refractivity contribution in [3.63, 3.8) is 0 Å². The first-order valence-electron chi connectivity index (χ1n) is 8.08. The summed E-state index contributed by atoms with van der Waals surface area (Å²) in [5.41, 5.74) is 5.46. The van der Waals surface area contributed by atoms with Crippen LogP contribution < -0.4 is 10.6 Å². The van der Waals surface area contributed by atoms with Crippen molar-refractivity contribution in [3.8, 4) is 0 Å². The minimum atomic E-state index is 0.241. The van der Waals surface area contributed by atoms with E-state index in [1.807, 2.05) is 0 Å². The number of nitrogens with one attached hydrogen (secondary N) is 2. The number of benzene rings is 1. The molecule has 0 fully saturated rings. The Morgan fingerprint density at radius 1 is 1.23 bits per heavy atom. The van der Waals surface area contributed by atoms with Crippen LogP contribution in [0.4, 0.5) is 0 Å². The summed E-state index contributed by atoms with van der Waals surface area (Å²) in [6.07, 6.45) is 0.965. The van der Waals surface area contributed by atoms with Gasteiger partial charge in [0, 0.05) is 26.2 Å². The van der Waals surface area contributed by atoms with Gasteiger partial charge in [-0.2, -0.15) is 0 Å². The van der Waals surface area contributed by atoms with Crippen molar-refractivity contribution >= 4 is 5.96 Å². The first-order chi connectivity index (χ1) is 10.5. The highest BCUT2D eigenvalue weighted by atomic mass is 16.5. The molecule has 0 saturated heterocycles. The molecule has 0 spiro atoms. The molecule has 1 atom stereocenters. The van der Waals surface area contributed by atoms with Gasteiger partial charge in [0.1, 0.15) is 0 Å². The third-order valence-corrected chi connectivity index (χ3v) is 3.62. The summed E-state index contributed by atoms with van der Waals surface area (Å²) in [6, 6.07) is 4.73. The van der Waals surface area contributed by atoms with Crippen LogP contribution in [0.3, 0.4) is 0 Å². The van der Waals surface area contributed by atoms with E-state index in [4.69, 9.17) is 4.74 Å². The lowest BCUT2D eigenvalue weighted by atomic mass is 9.97. The van der Waals surface area contributed by atoms with Gasteiger partial charge in [0.25, 0.3) is 0 Å². The lowest BCUT2D eigenvalue weighted by molar-refractivity contribution is 0.179. The van der Waals surface area contributed by atoms with Crippen molar-refractivity contribution in [1.82, 2.24) is 10.6 Å². The fourth-order valence-corrected chi connectivity index (χ4v) is 2.73. The van der Waals surface area contributed by atoms with Gasteiger partial charge in [0.05, 0.1) is 6.61 Å². The van der Waals surface area contributed by atoms with E-state index in [9.17, 15) is 0 Å². The fraction of sp³-hybridized carbons (Fsp3) is 0.611. The van der Waals surface area contributed by atoms with Gasteiger partial charge in [-0.3, -0.25) is 4.99 Å². The average molecular weight is 305 g/mol. The third-order valence-electron chi connectivity index (χ3n) is 3.62. The average Bonchev–Trinajstić information content (AvgIpc) is 2.42. The Hall–Kier alpha value is -1.55. The predicted molar refractivity (Wildman–Crippen MR) is 94.8 cm³/mol. The molecule has 1 rings (SSSR count). The van der Waals surface area contributed by atoms with E-state index in [0.29, 0.717) is 6.61 Å². The molecule has 0 aliphatic carbocycles. The second kappa shape index (κ2) is 9.46. The first-order valence-corrected chi connectivity index (χ1v) is 8.08. The summed E-state index contributed by atoms with van der Waals surface area (Å²) in [4.78, 5) is 4.67. The monoisotopic (exact) mass is 305 g/mol. The highest BCUT2D eigenvalue weighted by Gasteiger charge is 2.06. The molecule has 124 valence electrons. The van der Waals surface area contributed by atoms with Crippen LogP contribution in [-0.4, -0.2) is 38.8 Å². The van der Waals surface area contributed by atoms with Crippen LogP contribution >= 0.6 is 0 Å². The van der Waals surface area contributed by atoms with Crippen LogP contribution in [0, 0.1) is 20.8 Å². The van der Waals surface area contributed by atoms with E-state index in [1.165, 1.54) is 22.3 Å². The molecule has 1 unspecified atom stereocenters. The van der Waals surface area contributed by atoms with E-state index in [1.54, 1.807) is 7.11 Å². The molecule has 0 radical (unpaired) electrons. The van der Waals surface area contributed by atoms with Gasteiger partial charge in [-0.25, -0.2) is 0 Å². The Morgan fingerprint density at radius 3 is 2.41 bits per heavy atom. The van der Waals surface area contributed by atoms with Crippen LogP contribution in [0.2, 0.25) is 0 Å². The lowest BCUT2D eigenvalue weighted by Gasteiger charge is -2.17. The molecule has 1 aromatic carbocycles. The maximum Gasteiger partial charge on any atom is 0.191 e. The predicted octanol–water partition coefficient (Wildman–Crippen LogP) is 2.74. The number of aliphatic imine (C=N–C) groups is 1. The smallest absolute Gasteiger partial charge is 0.191 e. The van der Waals surface area contributed by atoms with Crippen molar-refractivity contribution in [3.05, 3.63) is 34.4 Å². The van der Waals surface area contributed by atoms with Crippen LogP contribution in [0.5, 0.6) is 0 Å². The van der Waals surface area contributed by atoms with Crippen molar-refractivity contribution in [2.45, 2.75) is 47.1 Å². The SMILES string of the molecule is CCNC(=NCCc1c(C)cc(C)cc1C)NC(C)COC. The number of methoxy groups -OCH3 is 1. The molecule has 0 heterocycles. The minimum Gasteiger partial charge on any atom is -0.383 e. The summed E-state index contributed by atoms with van der Waals surface area (Å²) in [6.45, 7) is 13.0. The number of rotatable bonds is 7. The molecule has 0 saturated carbocycles. The quantitative estimate of drug-likeness (QED) is 0.601. The molecule has 0 aliphatic heterocycles. The largest absolute Gasteiger partial charge is 0.383 e. The maximum atomic E-state index is 5.15. The van der Waals surface area contributed by atoms with E-state index in [2.05, 4.69) is 62.4 Å². The molecule has 0 amide bonds. The zero-order chi connectivity index (χ0) is 16.5. The summed E-state index contributed by atoms with van der Waals surface area (Å²) in [7, 11) is 1.71. The van der Waals surface area contributed by atoms with Gasteiger partial charge in [-0.05, 0) is 57.7 Å². The number of aryl methyl sites for hydroxylation is 3. The molecule has 0 bridgehead atoms. The first kappa shape index (κ1) is 18.5. The van der Waals surface area contributed by atoms with Crippen molar-refractivity contribution < 1.29 is 4.74 Å². The van der Waals surface area contributed by atoms with E-state index < -0.39 is 0 Å². The molecule has 4 nitrogen and oxygen atoms in total. The molecule has 4 heteroatoms. The lowest BCUT2D eigenvalue weighted by Crippen LogP contribution is -2.44. The highest BCUT2D eigenvalue weighted by molar-refractivity contribution is 5.80. The molecule has 22 heavy (non-hydrogen) atoms. The summed E-state index contributed by atoms with van der Waals surface area (Å²) in [5.74, 6) is 0.856. The zero-order valence-electron chi connectivity index (χ0n) is 14.9. The van der Waals surface area contributed by atoms with E-state index in [0.717, 1.165) is 25.5 Å². The third kappa shape index (κ3) is 6.06. The van der Waals surface area contributed by atoms with Gasteiger partial charge in [-0.15, -0.1) is 0 Å². The molecule has 1 aromatic rings. The molecule has 2 N–H and O–H groups in total. The highest BCUT2D eigenvalue weighted by Crippen LogP contribution is 2.16. The number of hydrogen-bond donors (Lipinski definition) is 2. The summed E-state index contributed by atoms with van der Waals surface area (Å²) in [5, 5.41) is 6.64. The van der Waals surface area contributed by atoms with Crippen LogP contribution in [0.1, 0.15) is 36.1 Å². The number of guanidine groups is 1. The molecule has 0 aromatic heterocycles. The minimum absolute atomic E-state index is 0.241. The van der Waals surface area contributed by atoms with Crippen LogP contribution in [-0.2, 0) is 11.2 Å². The zero-order valence-corrected chi connectivity index (χ0v) is 14.9. The Balaban J connectivity index is 2.67. The Bertz CT molecular complexity index is 474. The Labute approximate surface area is 135 Å². The summed E-state index contributed by atoms with van der Waals surface area (Å²) < 4.78 is 5.15. The van der Waals surface area contributed by atoms with Gasteiger partial charge in [0.15, 0.2) is 5.96 Å². The van der Waals surface area contributed by atoms with Crippen LogP contribution in [0.25, 0.3) is 0 Å². The van der Waals surface area contributed by atoms with Gasteiger partial charge >= 0.3 is 0 Å². The second-order valence-corrected chi connectivity index (χ2v) is 5.89. The summed E-state index contributed by atoms with van der Waals surface area (Å²) >= 11 is 0. The molecular formula is C18H31N3O. The van der Waals surface area contributed by atoms with E-state index >= 15 is 0 Å². The van der Waals surface area contributed by atoms with Crippen LogP contribution in [0.15, 0.2) is 17.1 Å². The van der Waals surface area contributed by atoms with E-state index in [-0.39, 0.29) is 6.04 Å². The standard InChI is InChI=1S/C18H31N3O/c1-7-19-18(21-16(5)12-22-6)20-9-8-17-14(3)10-13(2)11-15(17)4/h10-11,16H,7-9,12H2,1-6H3,(H2,19,20,21). The maximum absolute atomic E-state index is 5.15. The van der Waals surface area contributed by atoms with Crippen molar-refractivity contribution in [1.29, 1.82) is 0 Å². The van der Waals surface area contributed by atoms with Gasteiger partial charge in [-0.1, -0.05) is 17.7 Å². The number of ether oxygens (including phenoxy) is 1.